The molecular weight excluding hydrogens is 148 g/mol. The van der Waals surface area contributed by atoms with Gasteiger partial charge >= 0.3 is 5.97 Å². The van der Waals surface area contributed by atoms with Crippen LogP contribution in [-0.4, -0.2) is 29.6 Å². The van der Waals surface area contributed by atoms with Crippen molar-refractivity contribution in [2.45, 2.75) is 18.9 Å². The van der Waals surface area contributed by atoms with Gasteiger partial charge in [0.05, 0.1) is 6.61 Å². The number of hydrogen-bond acceptors (Lipinski definition) is 3. The molecule has 11 heavy (non-hydrogen) atoms. The predicted octanol–water partition coefficient (Wildman–Crippen LogP) is -0.181. The maximum Gasteiger partial charge on any atom is 0.312 e. The van der Waals surface area contributed by atoms with Gasteiger partial charge in [0.25, 0.3) is 0 Å². The van der Waals surface area contributed by atoms with Gasteiger partial charge in [-0.2, -0.15) is 0 Å². The van der Waals surface area contributed by atoms with Crippen LogP contribution in [0.3, 0.4) is 0 Å². The summed E-state index contributed by atoms with van der Waals surface area (Å²) in [7, 11) is 0. The van der Waals surface area contributed by atoms with Crippen molar-refractivity contribution in [3.63, 3.8) is 0 Å². The molecule has 0 amide bonds. The van der Waals surface area contributed by atoms with Gasteiger partial charge in [0, 0.05) is 6.42 Å². The van der Waals surface area contributed by atoms with E-state index in [1.165, 1.54) is 0 Å². The second-order valence-corrected chi connectivity index (χ2v) is 3.23. The molecule has 2 bridgehead atoms. The van der Waals surface area contributed by atoms with Gasteiger partial charge in [0.15, 0.2) is 5.78 Å². The van der Waals surface area contributed by atoms with Crippen molar-refractivity contribution in [1.82, 2.24) is 0 Å². The SMILES string of the molecule is O=C1CC2(C(=O)O)COC1C2. The van der Waals surface area contributed by atoms with E-state index in [0.29, 0.717) is 6.42 Å². The van der Waals surface area contributed by atoms with E-state index in [4.69, 9.17) is 9.84 Å². The minimum atomic E-state index is -0.897. The number of fused-ring (bicyclic) bond motifs is 2. The summed E-state index contributed by atoms with van der Waals surface area (Å²) < 4.78 is 5.00. The van der Waals surface area contributed by atoms with Crippen molar-refractivity contribution >= 4 is 11.8 Å². The van der Waals surface area contributed by atoms with Crippen LogP contribution in [0.15, 0.2) is 0 Å². The third-order valence-electron chi connectivity index (χ3n) is 2.46. The van der Waals surface area contributed by atoms with Gasteiger partial charge in [-0.3, -0.25) is 9.59 Å². The monoisotopic (exact) mass is 156 g/mol. The number of carbonyl (C=O) groups excluding carboxylic acids is 1. The zero-order chi connectivity index (χ0) is 8.06. The summed E-state index contributed by atoms with van der Waals surface area (Å²) >= 11 is 0. The Morgan fingerprint density at radius 2 is 2.45 bits per heavy atom. The van der Waals surface area contributed by atoms with Gasteiger partial charge in [-0.05, 0) is 6.42 Å². The second kappa shape index (κ2) is 1.82. The topological polar surface area (TPSA) is 63.6 Å². The fraction of sp³-hybridized carbons (Fsp3) is 0.714. The Morgan fingerprint density at radius 1 is 1.73 bits per heavy atom. The second-order valence-electron chi connectivity index (χ2n) is 3.23. The molecule has 0 radical (unpaired) electrons. The van der Waals surface area contributed by atoms with Crippen LogP contribution in [0.4, 0.5) is 0 Å². The zero-order valence-electron chi connectivity index (χ0n) is 5.87. The standard InChI is InChI=1S/C7H8O4/c8-4-1-7(6(9)10)2-5(4)11-3-7/h5H,1-3H2,(H,9,10). The molecule has 2 fully saturated rings. The molecule has 0 aromatic rings. The Kier molecular flexibility index (Phi) is 1.12. The highest BCUT2D eigenvalue weighted by Crippen LogP contribution is 2.44. The fourth-order valence-corrected chi connectivity index (χ4v) is 1.73. The number of carboxylic acid groups (broad SMARTS) is 1. The highest BCUT2D eigenvalue weighted by molar-refractivity contribution is 5.94. The van der Waals surface area contributed by atoms with Crippen molar-refractivity contribution in [3.05, 3.63) is 0 Å². The number of rotatable bonds is 1. The lowest BCUT2D eigenvalue weighted by molar-refractivity contribution is -0.153. The van der Waals surface area contributed by atoms with Crippen LogP contribution in [0.25, 0.3) is 0 Å². The normalized spacial score (nSPS) is 41.5. The molecule has 0 aromatic heterocycles. The van der Waals surface area contributed by atoms with E-state index in [-0.39, 0.29) is 18.8 Å². The molecule has 1 saturated carbocycles. The minimum absolute atomic E-state index is 0.0568. The van der Waals surface area contributed by atoms with E-state index in [1.807, 2.05) is 0 Å². The number of Topliss-reactive ketones (excluding diaryl/α,β-unsaturated/α-hetero) is 1. The lowest BCUT2D eigenvalue weighted by atomic mass is 9.88. The van der Waals surface area contributed by atoms with Crippen molar-refractivity contribution in [1.29, 1.82) is 0 Å². The van der Waals surface area contributed by atoms with Crippen LogP contribution in [0.1, 0.15) is 12.8 Å². The third-order valence-corrected chi connectivity index (χ3v) is 2.46. The summed E-state index contributed by atoms with van der Waals surface area (Å²) in [5.74, 6) is -0.954. The van der Waals surface area contributed by atoms with E-state index in [2.05, 4.69) is 0 Å². The van der Waals surface area contributed by atoms with Gasteiger partial charge in [0.2, 0.25) is 0 Å². The van der Waals surface area contributed by atoms with E-state index in [1.54, 1.807) is 0 Å². The molecule has 1 heterocycles. The molecule has 1 saturated heterocycles. The lowest BCUT2D eigenvalue weighted by Gasteiger charge is -2.18. The lowest BCUT2D eigenvalue weighted by Crippen LogP contribution is -2.32. The number of carboxylic acids is 1. The molecule has 2 rings (SSSR count). The van der Waals surface area contributed by atoms with Crippen molar-refractivity contribution in [3.8, 4) is 0 Å². The molecule has 2 unspecified atom stereocenters. The summed E-state index contributed by atoms with van der Waals surface area (Å²) in [5.41, 5.74) is -0.873. The Balaban J connectivity index is 2.30. The molecule has 1 N–H and O–H groups in total. The molecule has 60 valence electrons. The maximum absolute atomic E-state index is 11.0. The van der Waals surface area contributed by atoms with Gasteiger partial charge in [-0.15, -0.1) is 0 Å². The van der Waals surface area contributed by atoms with E-state index in [0.717, 1.165) is 0 Å². The average molecular weight is 156 g/mol. The van der Waals surface area contributed by atoms with Crippen LogP contribution in [0.5, 0.6) is 0 Å². The first-order chi connectivity index (χ1) is 5.14. The van der Waals surface area contributed by atoms with Crippen LogP contribution >= 0.6 is 0 Å². The number of carbonyl (C=O) groups is 2. The van der Waals surface area contributed by atoms with Crippen molar-refractivity contribution in [2.24, 2.45) is 5.41 Å². The van der Waals surface area contributed by atoms with Crippen LogP contribution in [-0.2, 0) is 14.3 Å². The average Bonchev–Trinajstić information content (AvgIpc) is 2.44. The van der Waals surface area contributed by atoms with Gasteiger partial charge in [-0.1, -0.05) is 0 Å². The summed E-state index contributed by atoms with van der Waals surface area (Å²) in [6, 6.07) is 0. The largest absolute Gasteiger partial charge is 0.481 e. The molecule has 1 aliphatic heterocycles. The third kappa shape index (κ3) is 0.728. The maximum atomic E-state index is 11.0. The van der Waals surface area contributed by atoms with E-state index in [9.17, 15) is 9.59 Å². The fourth-order valence-electron chi connectivity index (χ4n) is 1.73. The first-order valence-corrected chi connectivity index (χ1v) is 3.52. The number of hydrogen-bond donors (Lipinski definition) is 1. The summed E-state index contributed by atoms with van der Waals surface area (Å²) in [5, 5.41) is 8.78. The highest BCUT2D eigenvalue weighted by Gasteiger charge is 2.56. The minimum Gasteiger partial charge on any atom is -0.481 e. The first kappa shape index (κ1) is 6.79. The van der Waals surface area contributed by atoms with Gasteiger partial charge in [-0.25, -0.2) is 0 Å². The molecular formula is C7H8O4. The van der Waals surface area contributed by atoms with Gasteiger partial charge < -0.3 is 9.84 Å². The van der Waals surface area contributed by atoms with E-state index < -0.39 is 17.5 Å². The number of ketones is 1. The molecule has 2 aliphatic rings. The Morgan fingerprint density at radius 3 is 2.73 bits per heavy atom. The molecule has 2 atom stereocenters. The molecule has 4 nitrogen and oxygen atoms in total. The Bertz CT molecular complexity index is 235. The number of aliphatic carboxylic acids is 1. The van der Waals surface area contributed by atoms with Gasteiger partial charge in [0.1, 0.15) is 11.5 Å². The summed E-state index contributed by atoms with van der Waals surface area (Å²) in [4.78, 5) is 21.7. The van der Waals surface area contributed by atoms with Crippen LogP contribution < -0.4 is 0 Å². The van der Waals surface area contributed by atoms with Crippen molar-refractivity contribution < 1.29 is 19.4 Å². The van der Waals surface area contributed by atoms with Crippen molar-refractivity contribution in [2.75, 3.05) is 6.61 Å². The highest BCUT2D eigenvalue weighted by atomic mass is 16.5. The molecule has 0 aromatic carbocycles. The Labute approximate surface area is 63.1 Å². The smallest absolute Gasteiger partial charge is 0.312 e. The van der Waals surface area contributed by atoms with Crippen LogP contribution in [0, 0.1) is 5.41 Å². The van der Waals surface area contributed by atoms with E-state index >= 15 is 0 Å². The Hall–Kier alpha value is -0.900. The first-order valence-electron chi connectivity index (χ1n) is 3.52. The number of ether oxygens (including phenoxy) is 1. The zero-order valence-corrected chi connectivity index (χ0v) is 5.87. The predicted molar refractivity (Wildman–Crippen MR) is 34.0 cm³/mol. The molecule has 0 spiro atoms. The van der Waals surface area contributed by atoms with Crippen LogP contribution in [0.2, 0.25) is 0 Å². The molecule has 1 aliphatic carbocycles. The quantitative estimate of drug-likeness (QED) is 0.572. The summed E-state index contributed by atoms with van der Waals surface area (Å²) in [6.07, 6.45) is 0.111. The molecule has 4 heteroatoms. The summed E-state index contributed by atoms with van der Waals surface area (Å²) in [6.45, 7) is 0.207.